The molecule has 1 fully saturated rings. The molecule has 35 heavy (non-hydrogen) atoms. The predicted octanol–water partition coefficient (Wildman–Crippen LogP) is 1.93. The van der Waals surface area contributed by atoms with Crippen LogP contribution in [0.2, 0.25) is 0 Å². The summed E-state index contributed by atoms with van der Waals surface area (Å²) in [6.07, 6.45) is 1.19. The molecule has 2 heterocycles. The molecule has 0 atom stereocenters. The number of nitrogens with one attached hydrogen (secondary N) is 1. The lowest BCUT2D eigenvalue weighted by atomic mass is 10.1. The van der Waals surface area contributed by atoms with Crippen molar-refractivity contribution in [3.63, 3.8) is 0 Å². The summed E-state index contributed by atoms with van der Waals surface area (Å²) >= 11 is 0. The van der Waals surface area contributed by atoms with E-state index in [1.165, 1.54) is 31.4 Å². The molecule has 0 saturated carbocycles. The number of esters is 1. The zero-order chi connectivity index (χ0) is 25.7. The number of nitro groups is 1. The van der Waals surface area contributed by atoms with Crippen molar-refractivity contribution in [1.82, 2.24) is 10.2 Å². The Morgan fingerprint density at radius 2 is 2.00 bits per heavy atom. The van der Waals surface area contributed by atoms with E-state index in [9.17, 15) is 29.3 Å². The van der Waals surface area contributed by atoms with Gasteiger partial charge in [0.2, 0.25) is 11.5 Å². The summed E-state index contributed by atoms with van der Waals surface area (Å²) in [6.45, 7) is 0.568. The van der Waals surface area contributed by atoms with E-state index in [1.807, 2.05) is 0 Å². The maximum absolute atomic E-state index is 12.8. The third-order valence-electron chi connectivity index (χ3n) is 4.53. The van der Waals surface area contributed by atoms with Crippen molar-refractivity contribution in [2.45, 2.75) is 13.5 Å². The van der Waals surface area contributed by atoms with Gasteiger partial charge in [0.05, 0.1) is 25.2 Å². The number of rotatable bonds is 10. The molecule has 0 aliphatic carbocycles. The third-order valence-corrected chi connectivity index (χ3v) is 4.53. The monoisotopic (exact) mass is 489 g/mol. The van der Waals surface area contributed by atoms with Gasteiger partial charge in [0.25, 0.3) is 5.91 Å². The van der Waals surface area contributed by atoms with Gasteiger partial charge in [-0.15, -0.1) is 0 Å². The van der Waals surface area contributed by atoms with Gasteiger partial charge in [-0.3, -0.25) is 19.8 Å². The van der Waals surface area contributed by atoms with E-state index in [1.54, 1.807) is 6.92 Å². The number of amides is 3. The molecule has 2 aromatic rings. The Hall–Kier alpha value is -4.88. The molecule has 14 nitrogen and oxygen atoms in total. The molecule has 14 heteroatoms. The van der Waals surface area contributed by atoms with Gasteiger partial charge >= 0.3 is 23.7 Å². The summed E-state index contributed by atoms with van der Waals surface area (Å²) in [5, 5.41) is 22.8. The Bertz CT molecular complexity index is 1230. The normalized spacial score (nSPS) is 14.1. The number of imide groups is 1. The number of carboxylic acid groups (broad SMARTS) is 1. The highest BCUT2D eigenvalue weighted by Crippen LogP contribution is 2.39. The lowest BCUT2D eigenvalue weighted by Gasteiger charge is -2.12. The highest BCUT2D eigenvalue weighted by atomic mass is 16.6. The first-order valence-electron chi connectivity index (χ1n) is 9.96. The van der Waals surface area contributed by atoms with Crippen LogP contribution in [0.25, 0.3) is 6.08 Å². The van der Waals surface area contributed by atoms with Crippen LogP contribution in [0.1, 0.15) is 28.8 Å². The quantitative estimate of drug-likeness (QED) is 0.163. The number of hydrogen-bond acceptors (Lipinski definition) is 10. The molecule has 0 spiro atoms. The van der Waals surface area contributed by atoms with Crippen LogP contribution in [0.3, 0.4) is 0 Å². The SMILES string of the molecule is CCOc1cc(C=C2NC(=O)N(Cc3ccc(C(=O)OC)o3)C2=O)cc([N+](=O)[O-])c1OCC(=O)O. The fraction of sp³-hybridized carbons (Fsp3) is 0.238. The van der Waals surface area contributed by atoms with Crippen LogP contribution >= 0.6 is 0 Å². The van der Waals surface area contributed by atoms with Gasteiger partial charge in [0.1, 0.15) is 11.5 Å². The molecule has 1 aromatic carbocycles. The largest absolute Gasteiger partial charge is 0.490 e. The zero-order valence-electron chi connectivity index (χ0n) is 18.4. The standard InChI is InChI=1S/C21H19N3O11/c1-3-33-16-8-11(7-14(24(30)31)18(16)34-10-17(25)26)6-13-19(27)23(21(29)22-13)9-12-4-5-15(35-12)20(28)32-2/h4-8H,3,9-10H2,1-2H3,(H,22,29)(H,25,26). The topological polar surface area (TPSA) is 188 Å². The number of nitrogens with zero attached hydrogens (tertiary/aromatic N) is 2. The zero-order valence-corrected chi connectivity index (χ0v) is 18.4. The number of aliphatic carboxylic acids is 1. The Balaban J connectivity index is 1.90. The molecule has 3 rings (SSSR count). The van der Waals surface area contributed by atoms with Crippen molar-refractivity contribution >= 4 is 35.6 Å². The highest BCUT2D eigenvalue weighted by Gasteiger charge is 2.35. The maximum Gasteiger partial charge on any atom is 0.373 e. The Morgan fingerprint density at radius 3 is 2.63 bits per heavy atom. The number of benzene rings is 1. The second-order valence-corrected chi connectivity index (χ2v) is 6.88. The second-order valence-electron chi connectivity index (χ2n) is 6.88. The molecule has 3 amide bonds. The highest BCUT2D eigenvalue weighted by molar-refractivity contribution is 6.13. The van der Waals surface area contributed by atoms with Crippen LogP contribution in [0, 0.1) is 10.1 Å². The number of furan rings is 1. The summed E-state index contributed by atoms with van der Waals surface area (Å²) in [6, 6.07) is 4.31. The summed E-state index contributed by atoms with van der Waals surface area (Å²) < 4.78 is 20.2. The second kappa shape index (κ2) is 10.4. The Kier molecular flexibility index (Phi) is 7.34. The van der Waals surface area contributed by atoms with Crippen LogP contribution in [0.15, 0.2) is 34.4 Å². The van der Waals surface area contributed by atoms with E-state index < -0.39 is 41.1 Å². The van der Waals surface area contributed by atoms with Crippen molar-refractivity contribution in [3.05, 3.63) is 57.2 Å². The first-order valence-corrected chi connectivity index (χ1v) is 9.96. The van der Waals surface area contributed by atoms with Gasteiger partial charge < -0.3 is 29.1 Å². The lowest BCUT2D eigenvalue weighted by Crippen LogP contribution is -2.30. The Labute approximate surface area is 196 Å². The first-order chi connectivity index (χ1) is 16.6. The van der Waals surface area contributed by atoms with Gasteiger partial charge in [-0.05, 0) is 36.8 Å². The number of nitro benzene ring substituents is 1. The molecule has 0 unspecified atom stereocenters. The van der Waals surface area contributed by atoms with Crippen molar-refractivity contribution in [2.24, 2.45) is 0 Å². The van der Waals surface area contributed by atoms with E-state index in [0.29, 0.717) is 0 Å². The molecule has 1 aromatic heterocycles. The van der Waals surface area contributed by atoms with E-state index >= 15 is 0 Å². The van der Waals surface area contributed by atoms with E-state index in [-0.39, 0.29) is 47.4 Å². The molecule has 0 bridgehead atoms. The average molecular weight is 489 g/mol. The van der Waals surface area contributed by atoms with Crippen LogP contribution in [-0.4, -0.2) is 59.1 Å². The van der Waals surface area contributed by atoms with Crippen LogP contribution in [0.5, 0.6) is 11.5 Å². The van der Waals surface area contributed by atoms with Gasteiger partial charge in [0.15, 0.2) is 12.4 Å². The number of ether oxygens (including phenoxy) is 3. The molecule has 1 aliphatic rings. The molecule has 184 valence electrons. The molecular formula is C21H19N3O11. The van der Waals surface area contributed by atoms with Crippen molar-refractivity contribution in [3.8, 4) is 11.5 Å². The summed E-state index contributed by atoms with van der Waals surface area (Å²) in [4.78, 5) is 59.1. The molecule has 1 saturated heterocycles. The minimum absolute atomic E-state index is 0.0841. The van der Waals surface area contributed by atoms with Gasteiger partial charge in [-0.1, -0.05) is 0 Å². The number of carbonyl (C=O) groups is 4. The van der Waals surface area contributed by atoms with E-state index in [0.717, 1.165) is 11.0 Å². The summed E-state index contributed by atoms with van der Waals surface area (Å²) in [7, 11) is 1.17. The number of methoxy groups -OCH3 is 1. The van der Waals surface area contributed by atoms with Crippen LogP contribution < -0.4 is 14.8 Å². The van der Waals surface area contributed by atoms with Gasteiger partial charge in [-0.25, -0.2) is 14.4 Å². The fourth-order valence-electron chi connectivity index (χ4n) is 3.08. The van der Waals surface area contributed by atoms with E-state index in [2.05, 4.69) is 10.1 Å². The van der Waals surface area contributed by atoms with Crippen molar-refractivity contribution < 1.29 is 47.8 Å². The number of hydrogen-bond donors (Lipinski definition) is 2. The Morgan fingerprint density at radius 1 is 1.26 bits per heavy atom. The molecule has 1 aliphatic heterocycles. The smallest absolute Gasteiger partial charge is 0.373 e. The molecule has 0 radical (unpaired) electrons. The maximum atomic E-state index is 12.8. The number of carbonyl (C=O) groups excluding carboxylic acids is 3. The predicted molar refractivity (Wildman–Crippen MR) is 115 cm³/mol. The summed E-state index contributed by atoms with van der Waals surface area (Å²) in [5.74, 6) is -3.29. The van der Waals surface area contributed by atoms with Crippen LogP contribution in [-0.2, 0) is 20.9 Å². The molecular weight excluding hydrogens is 470 g/mol. The summed E-state index contributed by atoms with van der Waals surface area (Å²) in [5.41, 5.74) is -0.673. The lowest BCUT2D eigenvalue weighted by molar-refractivity contribution is -0.385. The minimum atomic E-state index is -1.34. The molecule has 2 N–H and O–H groups in total. The number of carboxylic acids is 1. The van der Waals surface area contributed by atoms with Gasteiger partial charge in [0, 0.05) is 6.07 Å². The van der Waals surface area contributed by atoms with E-state index in [4.69, 9.17) is 19.0 Å². The van der Waals surface area contributed by atoms with Gasteiger partial charge in [-0.2, -0.15) is 0 Å². The fourth-order valence-corrected chi connectivity index (χ4v) is 3.08. The first kappa shape index (κ1) is 24.8. The minimum Gasteiger partial charge on any atom is -0.490 e. The third kappa shape index (κ3) is 5.55. The van der Waals surface area contributed by atoms with Crippen molar-refractivity contribution in [2.75, 3.05) is 20.3 Å². The number of urea groups is 1. The average Bonchev–Trinajstić information content (AvgIpc) is 3.38. The van der Waals surface area contributed by atoms with Crippen molar-refractivity contribution in [1.29, 1.82) is 0 Å². The van der Waals surface area contributed by atoms with Crippen LogP contribution in [0.4, 0.5) is 10.5 Å².